The number of rotatable bonds is 9. The lowest BCUT2D eigenvalue weighted by Gasteiger charge is -2.10. The fourth-order valence-electron chi connectivity index (χ4n) is 2.85. The van der Waals surface area contributed by atoms with Crippen molar-refractivity contribution in [2.24, 2.45) is 0 Å². The Bertz CT molecular complexity index is 934. The van der Waals surface area contributed by atoms with Crippen LogP contribution in [-0.4, -0.2) is 18.4 Å². The summed E-state index contributed by atoms with van der Waals surface area (Å²) in [5, 5.41) is 5.68. The third-order valence-corrected chi connectivity index (χ3v) is 4.34. The number of hydrogen-bond donors (Lipinski definition) is 2. The Hall–Kier alpha value is -3.54. The van der Waals surface area contributed by atoms with E-state index in [0.717, 1.165) is 16.9 Å². The molecule has 3 aromatic rings. The van der Waals surface area contributed by atoms with E-state index in [4.69, 9.17) is 9.15 Å². The second-order valence-electron chi connectivity index (χ2n) is 6.45. The molecule has 0 saturated heterocycles. The average molecular weight is 392 g/mol. The Balaban J connectivity index is 1.45. The van der Waals surface area contributed by atoms with Crippen LogP contribution < -0.4 is 15.4 Å². The van der Waals surface area contributed by atoms with Crippen LogP contribution in [-0.2, 0) is 17.8 Å². The van der Waals surface area contributed by atoms with Crippen molar-refractivity contribution in [3.8, 4) is 5.75 Å². The number of aryl methyl sites for hydroxylation is 1. The molecule has 0 saturated carbocycles. The van der Waals surface area contributed by atoms with Crippen molar-refractivity contribution in [3.05, 3.63) is 83.8 Å². The van der Waals surface area contributed by atoms with Gasteiger partial charge in [0.05, 0.1) is 12.9 Å². The van der Waals surface area contributed by atoms with Crippen LogP contribution in [0.1, 0.15) is 35.0 Å². The van der Waals surface area contributed by atoms with Crippen LogP contribution in [0.15, 0.2) is 71.3 Å². The summed E-state index contributed by atoms with van der Waals surface area (Å²) in [6, 6.07) is 18.3. The van der Waals surface area contributed by atoms with Gasteiger partial charge >= 0.3 is 0 Å². The highest BCUT2D eigenvalue weighted by Crippen LogP contribution is 2.19. The Kier molecular flexibility index (Phi) is 7.05. The topological polar surface area (TPSA) is 80.6 Å². The number of anilines is 1. The number of para-hydroxylation sites is 1. The molecule has 1 aromatic heterocycles. The van der Waals surface area contributed by atoms with Crippen LogP contribution in [0.2, 0.25) is 0 Å². The highest BCUT2D eigenvalue weighted by molar-refractivity contribution is 6.02. The minimum atomic E-state index is -0.302. The van der Waals surface area contributed by atoms with Crippen LogP contribution >= 0.6 is 0 Å². The smallest absolute Gasteiger partial charge is 0.291 e. The predicted molar refractivity (Wildman–Crippen MR) is 111 cm³/mol. The molecule has 0 atom stereocenters. The van der Waals surface area contributed by atoms with Gasteiger partial charge in [0.15, 0.2) is 5.76 Å². The predicted octanol–water partition coefficient (Wildman–Crippen LogP) is 4.18. The molecule has 0 radical (unpaired) electrons. The molecule has 2 aromatic carbocycles. The van der Waals surface area contributed by atoms with E-state index in [1.54, 1.807) is 24.3 Å². The van der Waals surface area contributed by atoms with Crippen molar-refractivity contribution in [1.82, 2.24) is 5.32 Å². The molecule has 0 unspecified atom stereocenters. The second kappa shape index (κ2) is 10.1. The Morgan fingerprint density at radius 1 is 1.00 bits per heavy atom. The van der Waals surface area contributed by atoms with Gasteiger partial charge in [-0.15, -0.1) is 0 Å². The van der Waals surface area contributed by atoms with Gasteiger partial charge < -0.3 is 19.8 Å². The van der Waals surface area contributed by atoms with E-state index >= 15 is 0 Å². The summed E-state index contributed by atoms with van der Waals surface area (Å²) >= 11 is 0. The number of ether oxygens (including phenoxy) is 1. The molecule has 150 valence electrons. The van der Waals surface area contributed by atoms with E-state index in [9.17, 15) is 9.59 Å². The fourth-order valence-corrected chi connectivity index (χ4v) is 2.85. The molecule has 6 heteroatoms. The lowest BCUT2D eigenvalue weighted by molar-refractivity contribution is -0.121. The molecule has 6 nitrogen and oxygen atoms in total. The summed E-state index contributed by atoms with van der Waals surface area (Å²) in [6.07, 6.45) is 2.47. The van der Waals surface area contributed by atoms with Gasteiger partial charge in [-0.2, -0.15) is 0 Å². The van der Waals surface area contributed by atoms with Gasteiger partial charge in [-0.25, -0.2) is 0 Å². The quantitative estimate of drug-likeness (QED) is 0.572. The number of carbonyl (C=O) groups is 2. The van der Waals surface area contributed by atoms with E-state index in [-0.39, 0.29) is 17.6 Å². The Labute approximate surface area is 169 Å². The van der Waals surface area contributed by atoms with Crippen LogP contribution in [0.25, 0.3) is 0 Å². The third kappa shape index (κ3) is 5.97. The summed E-state index contributed by atoms with van der Waals surface area (Å²) in [7, 11) is 0. The summed E-state index contributed by atoms with van der Waals surface area (Å²) in [5.74, 6) is 0.761. The van der Waals surface area contributed by atoms with Gasteiger partial charge in [0.2, 0.25) is 5.91 Å². The summed E-state index contributed by atoms with van der Waals surface area (Å²) < 4.78 is 10.7. The van der Waals surface area contributed by atoms with E-state index < -0.39 is 0 Å². The molecule has 3 rings (SSSR count). The highest BCUT2D eigenvalue weighted by Gasteiger charge is 2.09. The molecular weight excluding hydrogens is 368 g/mol. The molecule has 0 spiro atoms. The van der Waals surface area contributed by atoms with Crippen molar-refractivity contribution < 1.29 is 18.7 Å². The van der Waals surface area contributed by atoms with E-state index in [1.807, 2.05) is 43.3 Å². The Morgan fingerprint density at radius 3 is 2.52 bits per heavy atom. The maximum absolute atomic E-state index is 12.2. The van der Waals surface area contributed by atoms with Crippen molar-refractivity contribution in [3.63, 3.8) is 0 Å². The number of hydrogen-bond acceptors (Lipinski definition) is 4. The van der Waals surface area contributed by atoms with Crippen LogP contribution in [0, 0.1) is 0 Å². The lowest BCUT2D eigenvalue weighted by Crippen LogP contribution is -2.23. The average Bonchev–Trinajstić information content (AvgIpc) is 3.28. The zero-order chi connectivity index (χ0) is 20.5. The van der Waals surface area contributed by atoms with Gasteiger partial charge in [0, 0.05) is 18.7 Å². The molecule has 0 fully saturated rings. The fraction of sp³-hybridized carbons (Fsp3) is 0.217. The minimum Gasteiger partial charge on any atom is -0.494 e. The first kappa shape index (κ1) is 20.2. The summed E-state index contributed by atoms with van der Waals surface area (Å²) in [6.45, 7) is 2.97. The molecular formula is C23H24N2O4. The number of furan rings is 1. The molecule has 29 heavy (non-hydrogen) atoms. The summed E-state index contributed by atoms with van der Waals surface area (Å²) in [4.78, 5) is 24.1. The molecule has 1 heterocycles. The molecule has 2 amide bonds. The number of benzene rings is 2. The largest absolute Gasteiger partial charge is 0.494 e. The van der Waals surface area contributed by atoms with Crippen LogP contribution in [0.3, 0.4) is 0 Å². The van der Waals surface area contributed by atoms with Crippen LogP contribution in [0.5, 0.6) is 5.75 Å². The number of carbonyl (C=O) groups excluding carboxylic acids is 2. The zero-order valence-electron chi connectivity index (χ0n) is 16.3. The first-order chi connectivity index (χ1) is 14.2. The van der Waals surface area contributed by atoms with Crippen molar-refractivity contribution in [1.29, 1.82) is 0 Å². The van der Waals surface area contributed by atoms with Gasteiger partial charge in [-0.1, -0.05) is 30.3 Å². The maximum atomic E-state index is 12.2. The second-order valence-corrected chi connectivity index (χ2v) is 6.45. The van der Waals surface area contributed by atoms with Gasteiger partial charge in [-0.05, 0) is 54.8 Å². The zero-order valence-corrected chi connectivity index (χ0v) is 16.3. The highest BCUT2D eigenvalue weighted by atomic mass is 16.5. The van der Waals surface area contributed by atoms with Gasteiger partial charge in [0.25, 0.3) is 5.91 Å². The molecule has 2 N–H and O–H groups in total. The lowest BCUT2D eigenvalue weighted by atomic mass is 10.1. The van der Waals surface area contributed by atoms with E-state index in [0.29, 0.717) is 31.7 Å². The van der Waals surface area contributed by atoms with E-state index in [2.05, 4.69) is 10.6 Å². The number of nitrogens with one attached hydrogen (secondary N) is 2. The number of amides is 2. The van der Waals surface area contributed by atoms with Crippen molar-refractivity contribution in [2.75, 3.05) is 11.9 Å². The van der Waals surface area contributed by atoms with Crippen molar-refractivity contribution in [2.45, 2.75) is 26.3 Å². The monoisotopic (exact) mass is 392 g/mol. The van der Waals surface area contributed by atoms with E-state index in [1.165, 1.54) is 6.26 Å². The Morgan fingerprint density at radius 2 is 1.79 bits per heavy atom. The first-order valence-corrected chi connectivity index (χ1v) is 9.57. The SMILES string of the molecule is CCOc1ccccc1CCC(=O)NCc1ccc(NC(=O)c2ccco2)cc1. The summed E-state index contributed by atoms with van der Waals surface area (Å²) in [5.41, 5.74) is 2.64. The third-order valence-electron chi connectivity index (χ3n) is 4.34. The van der Waals surface area contributed by atoms with Gasteiger partial charge in [-0.3, -0.25) is 9.59 Å². The van der Waals surface area contributed by atoms with Crippen LogP contribution in [0.4, 0.5) is 5.69 Å². The van der Waals surface area contributed by atoms with Gasteiger partial charge in [0.1, 0.15) is 5.75 Å². The normalized spacial score (nSPS) is 10.4. The molecule has 0 bridgehead atoms. The van der Waals surface area contributed by atoms with Crippen molar-refractivity contribution >= 4 is 17.5 Å². The first-order valence-electron chi connectivity index (χ1n) is 9.57. The molecule has 0 aliphatic heterocycles. The standard InChI is InChI=1S/C23H24N2O4/c1-2-28-20-7-4-3-6-18(20)11-14-22(26)24-16-17-9-12-19(13-10-17)25-23(27)21-8-5-15-29-21/h3-10,12-13,15H,2,11,14,16H2,1H3,(H,24,26)(H,25,27). The minimum absolute atomic E-state index is 0.0218. The maximum Gasteiger partial charge on any atom is 0.291 e. The molecule has 0 aliphatic carbocycles. The molecule has 0 aliphatic rings.